The molecule has 0 saturated carbocycles. The fourth-order valence-electron chi connectivity index (χ4n) is 3.78. The van der Waals surface area contributed by atoms with Gasteiger partial charge in [-0.3, -0.25) is 4.79 Å². The maximum atomic E-state index is 12.5. The Hall–Kier alpha value is -0.730. The number of ketones is 1. The van der Waals surface area contributed by atoms with Crippen LogP contribution in [-0.4, -0.2) is 132 Å². The van der Waals surface area contributed by atoms with Gasteiger partial charge in [-0.25, -0.2) is 0 Å². The third-order valence-corrected chi connectivity index (χ3v) is 5.17. The molecule has 31 heavy (non-hydrogen) atoms. The predicted molar refractivity (Wildman–Crippen MR) is 108 cm³/mol. The van der Waals surface area contributed by atoms with Crippen LogP contribution in [-0.2, 0) is 52.2 Å². The molecule has 1 heterocycles. The molecule has 11 heteroatoms. The maximum Gasteiger partial charge on any atom is 0.189 e. The summed E-state index contributed by atoms with van der Waals surface area (Å²) in [7, 11) is 12.0. The van der Waals surface area contributed by atoms with Crippen LogP contribution >= 0.6 is 0 Å². The van der Waals surface area contributed by atoms with Gasteiger partial charge in [-0.15, -0.1) is 0 Å². The summed E-state index contributed by atoms with van der Waals surface area (Å²) in [6.45, 7) is 0.232. The normalized spacial score (nSPS) is 29.5. The van der Waals surface area contributed by atoms with Crippen molar-refractivity contribution in [3.8, 4) is 0 Å². The molecule has 0 aliphatic carbocycles. The minimum Gasteiger partial charge on any atom is -0.382 e. The average molecular weight is 455 g/mol. The SMILES string of the molecule is COCC(=O)[C@@H](OC)[C@H](OC)[C@@H](COC)O[C@H]1O[C@H](COC)[C@@H](OC)[C@H](OC)[C@H]1OC. The highest BCUT2D eigenvalue weighted by Crippen LogP contribution is 2.30. The smallest absolute Gasteiger partial charge is 0.189 e. The number of rotatable bonds is 16. The lowest BCUT2D eigenvalue weighted by Gasteiger charge is -2.45. The molecular weight excluding hydrogens is 416 g/mol. The molecule has 0 amide bonds. The van der Waals surface area contributed by atoms with Gasteiger partial charge in [0.1, 0.15) is 49.3 Å². The first-order chi connectivity index (χ1) is 15.0. The molecule has 11 nitrogen and oxygen atoms in total. The number of carbonyl (C=O) groups is 1. The molecule has 0 aromatic carbocycles. The summed E-state index contributed by atoms with van der Waals surface area (Å²) in [5, 5.41) is 0. The molecule has 0 aromatic rings. The van der Waals surface area contributed by atoms with E-state index in [0.29, 0.717) is 0 Å². The number of hydrogen-bond donors (Lipinski definition) is 0. The first-order valence-corrected chi connectivity index (χ1v) is 9.92. The van der Waals surface area contributed by atoms with Gasteiger partial charge in [0.2, 0.25) is 0 Å². The largest absolute Gasteiger partial charge is 0.382 e. The van der Waals surface area contributed by atoms with Gasteiger partial charge in [0.15, 0.2) is 12.1 Å². The Morgan fingerprint density at radius 2 is 1.45 bits per heavy atom. The summed E-state index contributed by atoms with van der Waals surface area (Å²) in [5.41, 5.74) is 0. The summed E-state index contributed by atoms with van der Waals surface area (Å²) < 4.78 is 55.8. The quantitative estimate of drug-likeness (QED) is 0.306. The molecule has 0 spiro atoms. The monoisotopic (exact) mass is 454 g/mol. The van der Waals surface area contributed by atoms with Crippen LogP contribution in [0.1, 0.15) is 0 Å². The maximum absolute atomic E-state index is 12.5. The van der Waals surface area contributed by atoms with E-state index >= 15 is 0 Å². The number of hydrogen-bond acceptors (Lipinski definition) is 11. The Balaban J connectivity index is 3.17. The van der Waals surface area contributed by atoms with E-state index in [-0.39, 0.29) is 25.6 Å². The number of methoxy groups -OCH3 is 8. The van der Waals surface area contributed by atoms with Gasteiger partial charge in [-0.1, -0.05) is 0 Å². The molecule has 1 aliphatic rings. The van der Waals surface area contributed by atoms with Crippen molar-refractivity contribution in [3.05, 3.63) is 0 Å². The summed E-state index contributed by atoms with van der Waals surface area (Å²) in [4.78, 5) is 12.5. The van der Waals surface area contributed by atoms with E-state index in [9.17, 15) is 4.79 Å². The standard InChI is InChI=1S/C20H38O11/c1-22-9-12(21)15(25-4)16(26-5)13(10-23-2)30-20-19(29-8)18(28-7)17(27-6)14(31-20)11-24-3/h13-20H,9-11H2,1-8H3/t13-,14-,15-,16-,17-,18+,19-,20+/m1/s1. The van der Waals surface area contributed by atoms with Crippen molar-refractivity contribution >= 4 is 5.78 Å². The van der Waals surface area contributed by atoms with Gasteiger partial charge in [0.25, 0.3) is 0 Å². The second kappa shape index (κ2) is 15.2. The van der Waals surface area contributed by atoms with Gasteiger partial charge < -0.3 is 47.4 Å². The van der Waals surface area contributed by atoms with Gasteiger partial charge in [-0.05, 0) is 0 Å². The lowest BCUT2D eigenvalue weighted by atomic mass is 9.98. The van der Waals surface area contributed by atoms with Crippen LogP contribution in [0, 0.1) is 0 Å². The van der Waals surface area contributed by atoms with Crippen LogP contribution in [0.2, 0.25) is 0 Å². The molecule has 1 rings (SSSR count). The van der Waals surface area contributed by atoms with E-state index in [0.717, 1.165) is 0 Å². The lowest BCUT2D eigenvalue weighted by Crippen LogP contribution is -2.62. The first kappa shape index (κ1) is 28.3. The van der Waals surface area contributed by atoms with Crippen LogP contribution in [0.15, 0.2) is 0 Å². The highest BCUT2D eigenvalue weighted by Gasteiger charge is 2.49. The topological polar surface area (TPSA) is 109 Å². The Morgan fingerprint density at radius 3 is 1.90 bits per heavy atom. The zero-order valence-electron chi connectivity index (χ0n) is 19.7. The number of Topliss-reactive ketones (excluding diaryl/α,β-unsaturated/α-hetero) is 1. The summed E-state index contributed by atoms with van der Waals surface area (Å²) in [6.07, 6.45) is -5.39. The third kappa shape index (κ3) is 7.39. The molecule has 0 bridgehead atoms. The molecule has 8 atom stereocenters. The van der Waals surface area contributed by atoms with Crippen molar-refractivity contribution in [3.63, 3.8) is 0 Å². The van der Waals surface area contributed by atoms with Crippen molar-refractivity contribution < 1.29 is 52.2 Å². The zero-order valence-corrected chi connectivity index (χ0v) is 19.7. The van der Waals surface area contributed by atoms with E-state index in [1.807, 2.05) is 0 Å². The molecular formula is C20H38O11. The third-order valence-electron chi connectivity index (χ3n) is 5.17. The summed E-state index contributed by atoms with van der Waals surface area (Å²) in [5.74, 6) is -0.291. The Kier molecular flexibility index (Phi) is 13.8. The average Bonchev–Trinajstić information content (AvgIpc) is 2.76. The number of carbonyl (C=O) groups excluding carboxylic acids is 1. The Bertz CT molecular complexity index is 492. The molecule has 0 aromatic heterocycles. The molecule has 1 aliphatic heterocycles. The second-order valence-electron chi connectivity index (χ2n) is 6.99. The van der Waals surface area contributed by atoms with Crippen LogP contribution in [0.3, 0.4) is 0 Å². The van der Waals surface area contributed by atoms with Crippen molar-refractivity contribution in [2.24, 2.45) is 0 Å². The first-order valence-electron chi connectivity index (χ1n) is 9.92. The van der Waals surface area contributed by atoms with Crippen LogP contribution < -0.4 is 0 Å². The second-order valence-corrected chi connectivity index (χ2v) is 6.99. The zero-order chi connectivity index (χ0) is 23.4. The molecule has 1 saturated heterocycles. The summed E-state index contributed by atoms with van der Waals surface area (Å²) >= 11 is 0. The van der Waals surface area contributed by atoms with Crippen molar-refractivity contribution in [1.29, 1.82) is 0 Å². The van der Waals surface area contributed by atoms with E-state index < -0.39 is 49.0 Å². The van der Waals surface area contributed by atoms with Gasteiger partial charge >= 0.3 is 0 Å². The predicted octanol–water partition coefficient (Wildman–Crippen LogP) is -0.320. The van der Waals surface area contributed by atoms with Crippen LogP contribution in [0.25, 0.3) is 0 Å². The van der Waals surface area contributed by atoms with Crippen molar-refractivity contribution in [2.75, 3.05) is 76.7 Å². The van der Waals surface area contributed by atoms with Gasteiger partial charge in [0, 0.05) is 56.9 Å². The van der Waals surface area contributed by atoms with E-state index in [4.69, 9.17) is 47.4 Å². The van der Waals surface area contributed by atoms with Gasteiger partial charge in [-0.2, -0.15) is 0 Å². The summed E-state index contributed by atoms with van der Waals surface area (Å²) in [6, 6.07) is 0. The highest BCUT2D eigenvalue weighted by atomic mass is 16.7. The molecule has 0 unspecified atom stereocenters. The Labute approximate surface area is 184 Å². The fourth-order valence-corrected chi connectivity index (χ4v) is 3.78. The van der Waals surface area contributed by atoms with E-state index in [1.54, 1.807) is 21.3 Å². The van der Waals surface area contributed by atoms with E-state index in [1.165, 1.54) is 35.5 Å². The van der Waals surface area contributed by atoms with Crippen LogP contribution in [0.4, 0.5) is 0 Å². The van der Waals surface area contributed by atoms with Crippen LogP contribution in [0.5, 0.6) is 0 Å². The van der Waals surface area contributed by atoms with E-state index in [2.05, 4.69) is 0 Å². The minimum absolute atomic E-state index is 0.106. The molecule has 0 radical (unpaired) electrons. The highest BCUT2D eigenvalue weighted by molar-refractivity contribution is 5.85. The minimum atomic E-state index is -0.936. The van der Waals surface area contributed by atoms with Crippen molar-refractivity contribution in [2.45, 2.75) is 49.0 Å². The number of ether oxygens (including phenoxy) is 10. The lowest BCUT2D eigenvalue weighted by molar-refractivity contribution is -0.332. The molecule has 0 N–H and O–H groups in total. The molecule has 1 fully saturated rings. The Morgan fingerprint density at radius 1 is 0.806 bits per heavy atom. The fraction of sp³-hybridized carbons (Fsp3) is 0.950. The van der Waals surface area contributed by atoms with Gasteiger partial charge in [0.05, 0.1) is 13.2 Å². The van der Waals surface area contributed by atoms with Crippen molar-refractivity contribution in [1.82, 2.24) is 0 Å². The molecule has 184 valence electrons.